The molecule has 0 N–H and O–H groups in total. The normalized spacial score (nSPS) is 31.8. The van der Waals surface area contributed by atoms with Crippen molar-refractivity contribution < 1.29 is 4.74 Å². The Kier molecular flexibility index (Phi) is 4.02. The second kappa shape index (κ2) is 5.41. The van der Waals surface area contributed by atoms with Gasteiger partial charge in [-0.1, -0.05) is 28.1 Å². The van der Waals surface area contributed by atoms with Gasteiger partial charge in [-0.3, -0.25) is 0 Å². The molecule has 1 aromatic rings. The van der Waals surface area contributed by atoms with Crippen molar-refractivity contribution in [3.8, 4) is 0 Å². The van der Waals surface area contributed by atoms with E-state index in [1.807, 2.05) is 0 Å². The summed E-state index contributed by atoms with van der Waals surface area (Å²) >= 11 is 6.13. The summed E-state index contributed by atoms with van der Waals surface area (Å²) in [4.78, 5) is 0. The molecule has 1 aliphatic carbocycles. The summed E-state index contributed by atoms with van der Waals surface area (Å²) in [6.07, 6.45) is 5.57. The quantitative estimate of drug-likeness (QED) is 0.517. The minimum Gasteiger partial charge on any atom is -0.377 e. The van der Waals surface area contributed by atoms with Gasteiger partial charge in [0.1, 0.15) is 0 Å². The highest BCUT2D eigenvalue weighted by Gasteiger charge is 2.50. The average Bonchev–Trinajstić information content (AvgIpc) is 3.14. The lowest BCUT2D eigenvalue weighted by atomic mass is 9.76. The zero-order chi connectivity index (χ0) is 12.6. The van der Waals surface area contributed by atoms with E-state index in [0.29, 0.717) is 11.5 Å². The van der Waals surface area contributed by atoms with Gasteiger partial charge >= 0.3 is 0 Å². The fourth-order valence-electron chi connectivity index (χ4n) is 3.13. The van der Waals surface area contributed by atoms with Gasteiger partial charge in [-0.15, -0.1) is 0 Å². The third-order valence-corrected chi connectivity index (χ3v) is 6.12. The van der Waals surface area contributed by atoms with Crippen LogP contribution in [0.4, 0.5) is 0 Å². The summed E-state index contributed by atoms with van der Waals surface area (Å²) in [7, 11) is 0. The maximum Gasteiger partial charge on any atom is 0.0671 e. The highest BCUT2D eigenvalue weighted by Crippen LogP contribution is 2.50. The Balaban J connectivity index is 1.80. The summed E-state index contributed by atoms with van der Waals surface area (Å²) in [5.41, 5.74) is 1.78. The molecular weight excluding hydrogens is 403 g/mol. The summed E-state index contributed by atoms with van der Waals surface area (Å²) in [5.74, 6) is 0.828. The molecule has 1 aromatic carbocycles. The lowest BCUT2D eigenvalue weighted by molar-refractivity contribution is 0.0413. The van der Waals surface area contributed by atoms with E-state index in [4.69, 9.17) is 4.74 Å². The van der Waals surface area contributed by atoms with Crippen LogP contribution in [0.5, 0.6) is 0 Å². The maximum absolute atomic E-state index is 6.05. The van der Waals surface area contributed by atoms with Crippen LogP contribution in [0.1, 0.15) is 24.8 Å². The van der Waals surface area contributed by atoms with Crippen LogP contribution in [-0.4, -0.2) is 18.0 Å². The lowest BCUT2D eigenvalue weighted by Crippen LogP contribution is -2.36. The molecule has 0 spiro atoms. The van der Waals surface area contributed by atoms with E-state index >= 15 is 0 Å². The van der Waals surface area contributed by atoms with Gasteiger partial charge < -0.3 is 4.74 Å². The standard InChI is InChI=1S/C15H18BrIO/c16-10-15(7-8-18-14(15)12-3-4-12)9-11-1-5-13(17)6-2-11/h1-2,5-6,12,14H,3-4,7-10H2. The molecule has 2 aliphatic rings. The zero-order valence-corrected chi connectivity index (χ0v) is 14.1. The van der Waals surface area contributed by atoms with Crippen LogP contribution in [0.25, 0.3) is 0 Å². The first-order valence-corrected chi connectivity index (χ1v) is 8.85. The third-order valence-electron chi connectivity index (χ3n) is 4.29. The number of hydrogen-bond acceptors (Lipinski definition) is 1. The molecule has 3 rings (SSSR count). The summed E-state index contributed by atoms with van der Waals surface area (Å²) in [5, 5.41) is 1.06. The van der Waals surface area contributed by atoms with Crippen molar-refractivity contribution in [1.29, 1.82) is 0 Å². The van der Waals surface area contributed by atoms with Crippen molar-refractivity contribution in [1.82, 2.24) is 0 Å². The van der Waals surface area contributed by atoms with E-state index in [1.54, 1.807) is 0 Å². The first-order chi connectivity index (χ1) is 8.73. The number of hydrogen-bond donors (Lipinski definition) is 0. The molecule has 2 fully saturated rings. The Morgan fingerprint density at radius 3 is 2.61 bits per heavy atom. The first-order valence-electron chi connectivity index (χ1n) is 6.65. The van der Waals surface area contributed by atoms with Crippen LogP contribution in [0, 0.1) is 14.9 Å². The minimum atomic E-state index is 0.327. The van der Waals surface area contributed by atoms with Crippen molar-refractivity contribution >= 4 is 38.5 Å². The number of benzene rings is 1. The van der Waals surface area contributed by atoms with Gasteiger partial charge in [0.05, 0.1) is 6.10 Å². The molecule has 1 saturated carbocycles. The topological polar surface area (TPSA) is 9.23 Å². The molecule has 2 atom stereocenters. The third kappa shape index (κ3) is 2.63. The second-order valence-corrected chi connectivity index (χ2v) is 7.48. The molecule has 1 saturated heterocycles. The SMILES string of the molecule is BrCC1(Cc2ccc(I)cc2)CCOC1C1CC1. The van der Waals surface area contributed by atoms with Gasteiger partial charge in [0.25, 0.3) is 0 Å². The Labute approximate surface area is 131 Å². The molecule has 0 radical (unpaired) electrons. The van der Waals surface area contributed by atoms with Crippen molar-refractivity contribution in [2.75, 3.05) is 11.9 Å². The predicted octanol–water partition coefficient (Wildman–Crippen LogP) is 4.41. The smallest absolute Gasteiger partial charge is 0.0671 e. The van der Waals surface area contributed by atoms with E-state index < -0.39 is 0 Å². The molecule has 2 unspecified atom stereocenters. The van der Waals surface area contributed by atoms with Crippen LogP contribution in [0.15, 0.2) is 24.3 Å². The number of halogens is 2. The van der Waals surface area contributed by atoms with Gasteiger partial charge in [0, 0.05) is 20.9 Å². The average molecular weight is 421 g/mol. The first kappa shape index (κ1) is 13.4. The molecule has 98 valence electrons. The van der Waals surface area contributed by atoms with Crippen LogP contribution in [0.2, 0.25) is 0 Å². The molecule has 0 amide bonds. The van der Waals surface area contributed by atoms with E-state index in [0.717, 1.165) is 24.3 Å². The molecule has 1 heterocycles. The largest absolute Gasteiger partial charge is 0.377 e. The van der Waals surface area contributed by atoms with Crippen molar-refractivity contribution in [2.24, 2.45) is 11.3 Å². The van der Waals surface area contributed by atoms with Gasteiger partial charge in [-0.25, -0.2) is 0 Å². The minimum absolute atomic E-state index is 0.327. The second-order valence-electron chi connectivity index (χ2n) is 5.68. The molecular formula is C15H18BrIO. The lowest BCUT2D eigenvalue weighted by Gasteiger charge is -2.32. The number of rotatable bonds is 4. The Bertz CT molecular complexity index is 415. The monoisotopic (exact) mass is 420 g/mol. The highest BCUT2D eigenvalue weighted by molar-refractivity contribution is 14.1. The van der Waals surface area contributed by atoms with E-state index in [1.165, 1.54) is 28.4 Å². The fourth-order valence-corrected chi connectivity index (χ4v) is 4.29. The van der Waals surface area contributed by atoms with E-state index in [-0.39, 0.29) is 0 Å². The fraction of sp³-hybridized carbons (Fsp3) is 0.600. The predicted molar refractivity (Wildman–Crippen MR) is 86.2 cm³/mol. The Morgan fingerprint density at radius 1 is 1.28 bits per heavy atom. The molecule has 1 nitrogen and oxygen atoms in total. The van der Waals surface area contributed by atoms with Gasteiger partial charge in [-0.2, -0.15) is 0 Å². The molecule has 1 aliphatic heterocycles. The molecule has 3 heteroatoms. The van der Waals surface area contributed by atoms with Crippen molar-refractivity contribution in [3.63, 3.8) is 0 Å². The van der Waals surface area contributed by atoms with Gasteiger partial charge in [-0.05, 0) is 71.9 Å². The zero-order valence-electron chi connectivity index (χ0n) is 10.4. The summed E-state index contributed by atoms with van der Waals surface area (Å²) < 4.78 is 7.36. The summed E-state index contributed by atoms with van der Waals surface area (Å²) in [6, 6.07) is 8.96. The van der Waals surface area contributed by atoms with Crippen molar-refractivity contribution in [2.45, 2.75) is 31.8 Å². The Morgan fingerprint density at radius 2 is 2.00 bits per heavy atom. The van der Waals surface area contributed by atoms with E-state index in [2.05, 4.69) is 62.8 Å². The van der Waals surface area contributed by atoms with E-state index in [9.17, 15) is 0 Å². The maximum atomic E-state index is 6.05. The molecule has 0 bridgehead atoms. The van der Waals surface area contributed by atoms with Crippen LogP contribution < -0.4 is 0 Å². The number of ether oxygens (including phenoxy) is 1. The molecule has 18 heavy (non-hydrogen) atoms. The molecule has 0 aromatic heterocycles. The van der Waals surface area contributed by atoms with Crippen LogP contribution in [-0.2, 0) is 11.2 Å². The summed E-state index contributed by atoms with van der Waals surface area (Å²) in [6.45, 7) is 0.942. The van der Waals surface area contributed by atoms with Gasteiger partial charge in [0.15, 0.2) is 0 Å². The van der Waals surface area contributed by atoms with Gasteiger partial charge in [0.2, 0.25) is 0 Å². The van der Waals surface area contributed by atoms with Crippen molar-refractivity contribution in [3.05, 3.63) is 33.4 Å². The highest BCUT2D eigenvalue weighted by atomic mass is 127. The van der Waals surface area contributed by atoms with Crippen LogP contribution >= 0.6 is 38.5 Å². The number of alkyl halides is 1. The Hall–Kier alpha value is 0.390. The van der Waals surface area contributed by atoms with Crippen LogP contribution in [0.3, 0.4) is 0 Å².